The van der Waals surface area contributed by atoms with Crippen molar-refractivity contribution >= 4 is 34.3 Å². The zero-order valence-electron chi connectivity index (χ0n) is 8.53. The number of alkyl halides is 1. The van der Waals surface area contributed by atoms with E-state index in [9.17, 15) is 4.79 Å². The molecule has 0 bridgehead atoms. The van der Waals surface area contributed by atoms with Crippen molar-refractivity contribution in [3.8, 4) is 5.88 Å². The maximum atomic E-state index is 11.1. The highest BCUT2D eigenvalue weighted by atomic mass is 127. The molecule has 1 amide bonds. The molecule has 1 aromatic heterocycles. The second-order valence-electron chi connectivity index (χ2n) is 2.81. The first-order valence-corrected chi connectivity index (χ1v) is 5.79. The predicted molar refractivity (Wildman–Crippen MR) is 65.1 cm³/mol. The van der Waals surface area contributed by atoms with Gasteiger partial charge < -0.3 is 10.1 Å². The molecule has 0 fully saturated rings. The number of rotatable bonds is 4. The van der Waals surface area contributed by atoms with Crippen LogP contribution in [0.25, 0.3) is 0 Å². The fourth-order valence-corrected chi connectivity index (χ4v) is 1.12. The Bertz CT molecular complexity index is 344. The van der Waals surface area contributed by atoms with Crippen molar-refractivity contribution in [3.05, 3.63) is 12.4 Å². The van der Waals surface area contributed by atoms with Crippen molar-refractivity contribution in [2.75, 3.05) is 5.32 Å². The van der Waals surface area contributed by atoms with Gasteiger partial charge in [-0.2, -0.15) is 4.98 Å². The van der Waals surface area contributed by atoms with Gasteiger partial charge >= 0.3 is 0 Å². The SMILES string of the molecule is CCC(=O)Nc1cncc(OC(C)I)n1. The summed E-state index contributed by atoms with van der Waals surface area (Å²) in [6.07, 6.45) is 3.41. The molecule has 1 aromatic rings. The lowest BCUT2D eigenvalue weighted by Crippen LogP contribution is -2.12. The number of hydrogen-bond acceptors (Lipinski definition) is 4. The van der Waals surface area contributed by atoms with Gasteiger partial charge in [0, 0.05) is 6.42 Å². The summed E-state index contributed by atoms with van der Waals surface area (Å²) in [7, 11) is 0. The van der Waals surface area contributed by atoms with Crippen molar-refractivity contribution in [2.24, 2.45) is 0 Å². The van der Waals surface area contributed by atoms with E-state index in [1.54, 1.807) is 6.92 Å². The van der Waals surface area contributed by atoms with Crippen LogP contribution in [0, 0.1) is 0 Å². The Morgan fingerprint density at radius 3 is 3.00 bits per heavy atom. The first kappa shape index (κ1) is 12.2. The molecule has 0 aliphatic heterocycles. The number of ether oxygens (including phenoxy) is 1. The third-order valence-corrected chi connectivity index (χ3v) is 1.74. The minimum Gasteiger partial charge on any atom is -0.463 e. The number of carbonyl (C=O) groups is 1. The molecule has 0 aromatic carbocycles. The van der Waals surface area contributed by atoms with Crippen molar-refractivity contribution in [1.29, 1.82) is 0 Å². The van der Waals surface area contributed by atoms with Crippen LogP contribution < -0.4 is 10.1 Å². The molecule has 1 unspecified atom stereocenters. The summed E-state index contributed by atoms with van der Waals surface area (Å²) in [4.78, 5) is 19.1. The van der Waals surface area contributed by atoms with Crippen LogP contribution in [0.1, 0.15) is 20.3 Å². The van der Waals surface area contributed by atoms with Gasteiger partial charge in [0.1, 0.15) is 4.11 Å². The zero-order chi connectivity index (χ0) is 11.3. The largest absolute Gasteiger partial charge is 0.463 e. The standard InChI is InChI=1S/C9H12IN3O2/c1-3-8(14)12-7-4-11-5-9(13-7)15-6(2)10/h4-6H,3H2,1-2H3,(H,12,13,14). The van der Waals surface area contributed by atoms with E-state index in [4.69, 9.17) is 4.74 Å². The molecule has 1 atom stereocenters. The average Bonchev–Trinajstić information content (AvgIpc) is 2.17. The number of anilines is 1. The van der Waals surface area contributed by atoms with E-state index >= 15 is 0 Å². The van der Waals surface area contributed by atoms with Crippen LogP contribution in [-0.2, 0) is 4.79 Å². The van der Waals surface area contributed by atoms with E-state index in [0.717, 1.165) is 0 Å². The fraction of sp³-hybridized carbons (Fsp3) is 0.444. The normalized spacial score (nSPS) is 11.9. The summed E-state index contributed by atoms with van der Waals surface area (Å²) >= 11 is 2.11. The van der Waals surface area contributed by atoms with Crippen LogP contribution in [-0.4, -0.2) is 20.0 Å². The lowest BCUT2D eigenvalue weighted by atomic mass is 10.4. The third kappa shape index (κ3) is 4.41. The van der Waals surface area contributed by atoms with Gasteiger partial charge in [0.15, 0.2) is 5.82 Å². The van der Waals surface area contributed by atoms with E-state index in [0.29, 0.717) is 18.1 Å². The molecule has 1 heterocycles. The van der Waals surface area contributed by atoms with E-state index < -0.39 is 0 Å². The lowest BCUT2D eigenvalue weighted by molar-refractivity contribution is -0.115. The number of carbonyl (C=O) groups excluding carboxylic acids is 1. The molecule has 1 rings (SSSR count). The summed E-state index contributed by atoms with van der Waals surface area (Å²) in [6.45, 7) is 3.66. The van der Waals surface area contributed by atoms with Crippen LogP contribution in [0.3, 0.4) is 0 Å². The van der Waals surface area contributed by atoms with Gasteiger partial charge in [-0.15, -0.1) is 0 Å². The Labute approximate surface area is 102 Å². The number of amides is 1. The van der Waals surface area contributed by atoms with E-state index in [1.165, 1.54) is 12.4 Å². The van der Waals surface area contributed by atoms with Crippen molar-refractivity contribution < 1.29 is 9.53 Å². The molecule has 15 heavy (non-hydrogen) atoms. The van der Waals surface area contributed by atoms with E-state index in [-0.39, 0.29) is 10.0 Å². The highest BCUT2D eigenvalue weighted by Crippen LogP contribution is 2.13. The van der Waals surface area contributed by atoms with Crippen LogP contribution in [0.5, 0.6) is 5.88 Å². The summed E-state index contributed by atoms with van der Waals surface area (Å²) in [5, 5.41) is 2.61. The molecular weight excluding hydrogens is 309 g/mol. The summed E-state index contributed by atoms with van der Waals surface area (Å²) in [5.74, 6) is 0.728. The van der Waals surface area contributed by atoms with E-state index in [2.05, 4.69) is 37.9 Å². The van der Waals surface area contributed by atoms with Gasteiger partial charge in [0.05, 0.1) is 12.4 Å². The molecule has 5 nitrogen and oxygen atoms in total. The Hall–Kier alpha value is -0.920. The number of halogens is 1. The number of aromatic nitrogens is 2. The Kier molecular flexibility index (Phi) is 4.73. The molecule has 6 heteroatoms. The number of nitrogens with zero attached hydrogens (tertiary/aromatic N) is 2. The van der Waals surface area contributed by atoms with Gasteiger partial charge in [-0.3, -0.25) is 9.78 Å². The van der Waals surface area contributed by atoms with Gasteiger partial charge in [-0.05, 0) is 29.5 Å². The van der Waals surface area contributed by atoms with Gasteiger partial charge in [0.2, 0.25) is 11.8 Å². The summed E-state index contributed by atoms with van der Waals surface area (Å²) < 4.78 is 5.34. The summed E-state index contributed by atoms with van der Waals surface area (Å²) in [5.41, 5.74) is 0. The highest BCUT2D eigenvalue weighted by molar-refractivity contribution is 14.1. The molecule has 0 saturated carbocycles. The molecule has 0 radical (unpaired) electrons. The van der Waals surface area contributed by atoms with Crippen LogP contribution in [0.4, 0.5) is 5.82 Å². The first-order chi connectivity index (χ1) is 7.11. The van der Waals surface area contributed by atoms with Crippen molar-refractivity contribution in [2.45, 2.75) is 24.4 Å². The first-order valence-electron chi connectivity index (χ1n) is 4.54. The Balaban J connectivity index is 2.69. The number of hydrogen-bond donors (Lipinski definition) is 1. The topological polar surface area (TPSA) is 64.1 Å². The molecule has 0 aliphatic rings. The maximum Gasteiger partial charge on any atom is 0.235 e. The lowest BCUT2D eigenvalue weighted by Gasteiger charge is -2.08. The fourth-order valence-electron chi connectivity index (χ4n) is 0.863. The van der Waals surface area contributed by atoms with Gasteiger partial charge in [-0.1, -0.05) is 6.92 Å². The Morgan fingerprint density at radius 2 is 2.40 bits per heavy atom. The maximum absolute atomic E-state index is 11.1. The second-order valence-corrected chi connectivity index (χ2v) is 4.56. The Morgan fingerprint density at radius 1 is 1.67 bits per heavy atom. The molecule has 0 saturated heterocycles. The van der Waals surface area contributed by atoms with E-state index in [1.807, 2.05) is 6.92 Å². The number of nitrogens with one attached hydrogen (secondary N) is 1. The van der Waals surface area contributed by atoms with Gasteiger partial charge in [0.25, 0.3) is 0 Å². The van der Waals surface area contributed by atoms with Gasteiger partial charge in [-0.25, -0.2) is 0 Å². The van der Waals surface area contributed by atoms with Crippen LogP contribution in [0.2, 0.25) is 0 Å². The average molecular weight is 321 g/mol. The molecule has 1 N–H and O–H groups in total. The second kappa shape index (κ2) is 5.84. The van der Waals surface area contributed by atoms with Crippen molar-refractivity contribution in [3.63, 3.8) is 0 Å². The quantitative estimate of drug-likeness (QED) is 0.680. The van der Waals surface area contributed by atoms with Crippen LogP contribution in [0.15, 0.2) is 12.4 Å². The highest BCUT2D eigenvalue weighted by Gasteiger charge is 2.04. The third-order valence-electron chi connectivity index (χ3n) is 1.48. The smallest absolute Gasteiger partial charge is 0.235 e. The predicted octanol–water partition coefficient (Wildman–Crippen LogP) is 1.98. The molecule has 82 valence electrons. The zero-order valence-corrected chi connectivity index (χ0v) is 10.7. The monoisotopic (exact) mass is 321 g/mol. The molecule has 0 spiro atoms. The molecular formula is C9H12IN3O2. The van der Waals surface area contributed by atoms with Crippen molar-refractivity contribution in [1.82, 2.24) is 9.97 Å². The minimum absolute atomic E-state index is 0.00836. The van der Waals surface area contributed by atoms with Crippen LogP contribution >= 0.6 is 22.6 Å². The minimum atomic E-state index is -0.0935. The molecule has 0 aliphatic carbocycles. The summed E-state index contributed by atoms with van der Waals surface area (Å²) in [6, 6.07) is 0.